The van der Waals surface area contributed by atoms with Gasteiger partial charge in [0.05, 0.1) is 18.3 Å². The van der Waals surface area contributed by atoms with Crippen LogP contribution in [0.1, 0.15) is 39.5 Å². The number of carbonyl (C=O) groups excluding carboxylic acids is 2. The Bertz CT molecular complexity index is 1020. The number of alkyl halides is 3. The van der Waals surface area contributed by atoms with Gasteiger partial charge in [0.15, 0.2) is 0 Å². The average molecular weight is 575 g/mol. The standard InChI is InChI=1S/C25H38F4N8O3/c1-13(2)35-16(7-8-30)23(39)37-21(20(14-3-4-14)15-5-6-15)24(40)36-18(22(26)32)10-33-19(11-38)17(9-31)34-12-25(27,28)29/h7-10,13-15,19-21,32-34,38H,3-6,11-12,30-31H2,1-2H3,(H,36,40)(H,37,39)/b8-7-,17-9-,18-10+,32-22?,35-16?. The number of rotatable bonds is 16. The molecule has 11 nitrogen and oxygen atoms in total. The summed E-state index contributed by atoms with van der Waals surface area (Å²) in [6, 6.07) is -2.56. The highest BCUT2D eigenvalue weighted by molar-refractivity contribution is 6.43. The molecule has 224 valence electrons. The molecular formula is C25H38F4N8O3. The molecule has 2 unspecified atom stereocenters. The van der Waals surface area contributed by atoms with Crippen LogP contribution in [-0.4, -0.2) is 66.1 Å². The van der Waals surface area contributed by atoms with Crippen molar-refractivity contribution in [2.24, 2.45) is 34.2 Å². The first-order valence-electron chi connectivity index (χ1n) is 12.9. The molecule has 0 saturated heterocycles. The minimum Gasteiger partial charge on any atom is -0.405 e. The Morgan fingerprint density at radius 3 is 2.17 bits per heavy atom. The zero-order valence-electron chi connectivity index (χ0n) is 22.4. The van der Waals surface area contributed by atoms with E-state index in [1.807, 2.05) is 5.32 Å². The monoisotopic (exact) mass is 574 g/mol. The summed E-state index contributed by atoms with van der Waals surface area (Å²) in [4.78, 5) is 30.8. The molecule has 2 atom stereocenters. The Morgan fingerprint density at radius 2 is 1.75 bits per heavy atom. The van der Waals surface area contributed by atoms with Crippen LogP contribution in [0.2, 0.25) is 0 Å². The summed E-state index contributed by atoms with van der Waals surface area (Å²) in [5, 5.41) is 26.6. The summed E-state index contributed by atoms with van der Waals surface area (Å²) in [6.07, 6.45) is 3.03. The molecule has 2 rings (SSSR count). The van der Waals surface area contributed by atoms with Gasteiger partial charge in [-0.2, -0.15) is 17.6 Å². The Hall–Kier alpha value is -3.62. The Morgan fingerprint density at radius 1 is 1.15 bits per heavy atom. The zero-order valence-corrected chi connectivity index (χ0v) is 22.4. The van der Waals surface area contributed by atoms with Crippen molar-refractivity contribution < 1.29 is 32.3 Å². The van der Waals surface area contributed by atoms with Crippen LogP contribution in [-0.2, 0) is 9.59 Å². The number of allylic oxidation sites excluding steroid dienone is 1. The summed E-state index contributed by atoms with van der Waals surface area (Å²) in [5.41, 5.74) is 9.95. The van der Waals surface area contributed by atoms with Gasteiger partial charge in [-0.3, -0.25) is 20.0 Å². The van der Waals surface area contributed by atoms with E-state index in [0.29, 0.717) is 0 Å². The molecule has 2 fully saturated rings. The van der Waals surface area contributed by atoms with Gasteiger partial charge >= 0.3 is 6.18 Å². The predicted molar refractivity (Wildman–Crippen MR) is 142 cm³/mol. The molecule has 2 aliphatic rings. The third-order valence-corrected chi connectivity index (χ3v) is 6.32. The molecule has 0 radical (unpaired) electrons. The maximum absolute atomic E-state index is 14.2. The van der Waals surface area contributed by atoms with Crippen molar-refractivity contribution in [1.29, 1.82) is 5.41 Å². The van der Waals surface area contributed by atoms with Gasteiger partial charge in [-0.15, -0.1) is 0 Å². The van der Waals surface area contributed by atoms with E-state index in [4.69, 9.17) is 16.9 Å². The number of amides is 2. The molecule has 2 amide bonds. The summed E-state index contributed by atoms with van der Waals surface area (Å²) in [7, 11) is 0. The second-order valence-electron chi connectivity index (χ2n) is 10.0. The first kappa shape index (κ1) is 32.6. The normalized spacial score (nSPS) is 18.6. The van der Waals surface area contributed by atoms with E-state index in [1.165, 1.54) is 6.08 Å². The maximum Gasteiger partial charge on any atom is 0.405 e. The van der Waals surface area contributed by atoms with Gasteiger partial charge < -0.3 is 37.8 Å². The molecule has 0 spiro atoms. The van der Waals surface area contributed by atoms with Crippen molar-refractivity contribution in [1.82, 2.24) is 21.3 Å². The summed E-state index contributed by atoms with van der Waals surface area (Å²) in [5.74, 6) is -2.84. The van der Waals surface area contributed by atoms with Crippen LogP contribution in [0.15, 0.2) is 41.1 Å². The molecule has 0 aromatic carbocycles. The molecular weight excluding hydrogens is 536 g/mol. The molecule has 0 heterocycles. The van der Waals surface area contributed by atoms with Crippen LogP contribution in [0, 0.1) is 23.2 Å². The molecule has 2 aliphatic carbocycles. The Kier molecular flexibility index (Phi) is 12.0. The van der Waals surface area contributed by atoms with Gasteiger partial charge in [0.1, 0.15) is 24.0 Å². The second kappa shape index (κ2) is 14.7. The number of hydrogen-bond donors (Lipinski definition) is 8. The van der Waals surface area contributed by atoms with Crippen molar-refractivity contribution >= 4 is 23.5 Å². The smallest absolute Gasteiger partial charge is 0.405 e. The summed E-state index contributed by atoms with van der Waals surface area (Å²) >= 11 is 0. The van der Waals surface area contributed by atoms with E-state index in [2.05, 4.69) is 20.9 Å². The minimum absolute atomic E-state index is 0.00885. The van der Waals surface area contributed by atoms with Crippen molar-refractivity contribution in [2.75, 3.05) is 13.2 Å². The average Bonchev–Trinajstić information content (AvgIpc) is 3.78. The summed E-state index contributed by atoms with van der Waals surface area (Å²) in [6.45, 7) is 1.34. The van der Waals surface area contributed by atoms with Crippen molar-refractivity contribution in [3.05, 3.63) is 36.1 Å². The van der Waals surface area contributed by atoms with Crippen molar-refractivity contribution in [3.8, 4) is 0 Å². The van der Waals surface area contributed by atoms with Crippen molar-refractivity contribution in [2.45, 2.75) is 63.8 Å². The fraction of sp³-hybridized carbons (Fsp3) is 0.600. The molecule has 15 heteroatoms. The lowest BCUT2D eigenvalue weighted by Gasteiger charge is -2.28. The van der Waals surface area contributed by atoms with E-state index in [9.17, 15) is 32.3 Å². The van der Waals surface area contributed by atoms with Crippen LogP contribution in [0.25, 0.3) is 0 Å². The van der Waals surface area contributed by atoms with Gasteiger partial charge in [0.2, 0.25) is 11.9 Å². The number of aliphatic hydroxyl groups is 1. The highest BCUT2D eigenvalue weighted by atomic mass is 19.4. The molecule has 0 aromatic heterocycles. The first-order valence-corrected chi connectivity index (χ1v) is 12.9. The first-order chi connectivity index (χ1) is 18.8. The molecule has 0 bridgehead atoms. The quantitative estimate of drug-likeness (QED) is 0.0997. The number of halogens is 4. The van der Waals surface area contributed by atoms with Gasteiger partial charge in [0, 0.05) is 18.4 Å². The van der Waals surface area contributed by atoms with Crippen LogP contribution in [0.5, 0.6) is 0 Å². The van der Waals surface area contributed by atoms with Crippen molar-refractivity contribution in [3.63, 3.8) is 0 Å². The fourth-order valence-corrected chi connectivity index (χ4v) is 4.28. The third kappa shape index (κ3) is 10.5. The van der Waals surface area contributed by atoms with Crippen LogP contribution in [0.4, 0.5) is 17.6 Å². The van der Waals surface area contributed by atoms with E-state index in [0.717, 1.165) is 44.3 Å². The second-order valence-corrected chi connectivity index (χ2v) is 10.0. The number of nitrogens with zero attached hydrogens (tertiary/aromatic N) is 1. The highest BCUT2D eigenvalue weighted by Gasteiger charge is 2.48. The van der Waals surface area contributed by atoms with Gasteiger partial charge in [0.25, 0.3) is 5.91 Å². The molecule has 40 heavy (non-hydrogen) atoms. The van der Waals surface area contributed by atoms with Crippen LogP contribution in [0.3, 0.4) is 0 Å². The van der Waals surface area contributed by atoms with Crippen LogP contribution >= 0.6 is 0 Å². The number of hydrogen-bond acceptors (Lipinski definition) is 9. The lowest BCUT2D eigenvalue weighted by atomic mass is 9.88. The third-order valence-electron chi connectivity index (χ3n) is 6.32. The lowest BCUT2D eigenvalue weighted by molar-refractivity contribution is -0.127. The highest BCUT2D eigenvalue weighted by Crippen LogP contribution is 2.50. The maximum atomic E-state index is 14.2. The molecule has 0 aliphatic heterocycles. The fourth-order valence-electron chi connectivity index (χ4n) is 4.28. The Labute approximate surface area is 230 Å². The van der Waals surface area contributed by atoms with Gasteiger partial charge in [-0.05, 0) is 69.6 Å². The van der Waals surface area contributed by atoms with E-state index >= 15 is 0 Å². The summed E-state index contributed by atoms with van der Waals surface area (Å²) < 4.78 is 52.0. The Balaban J connectivity index is 2.27. The zero-order chi connectivity index (χ0) is 30.0. The number of aliphatic imine (C=N–C) groups is 1. The molecule has 0 aromatic rings. The van der Waals surface area contributed by atoms with Crippen LogP contribution < -0.4 is 32.7 Å². The van der Waals surface area contributed by atoms with E-state index in [-0.39, 0.29) is 35.2 Å². The molecule has 2 saturated carbocycles. The minimum atomic E-state index is -4.57. The predicted octanol–water partition coefficient (Wildman–Crippen LogP) is 1.04. The van der Waals surface area contributed by atoms with Gasteiger partial charge in [-0.1, -0.05) is 0 Å². The number of nitrogens with one attached hydrogen (secondary N) is 5. The number of nitrogens with two attached hydrogens (primary N) is 2. The lowest BCUT2D eigenvalue weighted by Crippen LogP contribution is -2.54. The van der Waals surface area contributed by atoms with E-state index in [1.54, 1.807) is 13.8 Å². The molecule has 10 N–H and O–H groups in total. The SMILES string of the molecule is CC(C)N=C(/C=C\N)C(=O)NC(C(=O)N/C(=C/NC(CO)/C(=C/N)NCC(F)(F)F)C(=N)F)C(C1CC1)C1CC1. The topological polar surface area (TPSA) is 191 Å². The van der Waals surface area contributed by atoms with E-state index < -0.39 is 54.9 Å². The van der Waals surface area contributed by atoms with Gasteiger partial charge in [-0.25, -0.2) is 0 Å². The number of carbonyl (C=O) groups is 2. The largest absolute Gasteiger partial charge is 0.405 e. The number of aliphatic hydroxyl groups excluding tert-OH is 1.